The molecule has 3 heterocycles. The standard InChI is InChI=1S/C26H18F5N7O2/c1-37-12-19(34-13-37)22-21(8-9-33-24(22)32)40-20-7-4-15(10-18(20)28)36-25(39)17-11-35-38(23(17)26(29,30)31)16-5-2-14(27)3-6-16/h2-13H,1H3,(H2,32,33)(H,36,39). The Balaban J connectivity index is 1.40. The number of halogens is 5. The van der Waals surface area contributed by atoms with Gasteiger partial charge in [0, 0.05) is 31.2 Å². The third kappa shape index (κ3) is 5.18. The van der Waals surface area contributed by atoms with Crippen molar-refractivity contribution in [3.8, 4) is 28.4 Å². The number of ether oxygens (including phenoxy) is 1. The van der Waals surface area contributed by atoms with E-state index >= 15 is 0 Å². The number of alkyl halides is 3. The molecule has 0 fully saturated rings. The fourth-order valence-electron chi connectivity index (χ4n) is 3.89. The van der Waals surface area contributed by atoms with Gasteiger partial charge in [-0.2, -0.15) is 18.3 Å². The van der Waals surface area contributed by atoms with Gasteiger partial charge in [0.2, 0.25) is 0 Å². The van der Waals surface area contributed by atoms with Crippen molar-refractivity contribution in [1.82, 2.24) is 24.3 Å². The van der Waals surface area contributed by atoms with Crippen molar-refractivity contribution in [2.45, 2.75) is 6.18 Å². The molecule has 3 N–H and O–H groups in total. The van der Waals surface area contributed by atoms with Crippen molar-refractivity contribution in [1.29, 1.82) is 0 Å². The molecular weight excluding hydrogens is 537 g/mol. The Morgan fingerprint density at radius 1 is 1.02 bits per heavy atom. The van der Waals surface area contributed by atoms with Crippen LogP contribution >= 0.6 is 0 Å². The highest BCUT2D eigenvalue weighted by Crippen LogP contribution is 2.37. The van der Waals surface area contributed by atoms with Crippen LogP contribution in [0.3, 0.4) is 0 Å². The highest BCUT2D eigenvalue weighted by Gasteiger charge is 2.40. The van der Waals surface area contributed by atoms with Crippen LogP contribution in [0, 0.1) is 11.6 Å². The third-order valence-electron chi connectivity index (χ3n) is 5.67. The molecule has 3 aromatic heterocycles. The number of aromatic nitrogens is 5. The summed E-state index contributed by atoms with van der Waals surface area (Å²) in [4.78, 5) is 21.0. The largest absolute Gasteiger partial charge is 0.453 e. The number of hydrogen-bond acceptors (Lipinski definition) is 6. The summed E-state index contributed by atoms with van der Waals surface area (Å²) in [6.45, 7) is 0. The van der Waals surface area contributed by atoms with E-state index in [1.165, 1.54) is 30.7 Å². The van der Waals surface area contributed by atoms with Gasteiger partial charge >= 0.3 is 6.18 Å². The number of hydrogen-bond donors (Lipinski definition) is 2. The topological polar surface area (TPSA) is 113 Å². The van der Waals surface area contributed by atoms with Crippen LogP contribution in [0.15, 0.2) is 73.4 Å². The highest BCUT2D eigenvalue weighted by atomic mass is 19.4. The lowest BCUT2D eigenvalue weighted by Gasteiger charge is -2.14. The van der Waals surface area contributed by atoms with Crippen LogP contribution in [0.2, 0.25) is 0 Å². The number of imidazole rings is 1. The molecule has 1 amide bonds. The number of aryl methyl sites for hydroxylation is 1. The summed E-state index contributed by atoms with van der Waals surface area (Å²) in [6, 6.07) is 8.89. The molecule has 40 heavy (non-hydrogen) atoms. The van der Waals surface area contributed by atoms with Gasteiger partial charge in [-0.1, -0.05) is 0 Å². The van der Waals surface area contributed by atoms with E-state index in [0.717, 1.165) is 36.5 Å². The molecule has 0 aliphatic heterocycles. The van der Waals surface area contributed by atoms with E-state index in [2.05, 4.69) is 20.4 Å². The summed E-state index contributed by atoms with van der Waals surface area (Å²) >= 11 is 0. The van der Waals surface area contributed by atoms with E-state index in [9.17, 15) is 26.7 Å². The van der Waals surface area contributed by atoms with Crippen molar-refractivity contribution >= 4 is 17.4 Å². The molecule has 2 aromatic carbocycles. The lowest BCUT2D eigenvalue weighted by atomic mass is 10.1. The Kier molecular flexibility index (Phi) is 6.67. The zero-order valence-corrected chi connectivity index (χ0v) is 20.4. The first-order chi connectivity index (χ1) is 19.0. The minimum atomic E-state index is -4.99. The minimum absolute atomic E-state index is 0.0992. The summed E-state index contributed by atoms with van der Waals surface area (Å²) < 4.78 is 77.8. The molecule has 0 saturated carbocycles. The number of carbonyl (C=O) groups excluding carboxylic acids is 1. The average molecular weight is 555 g/mol. The SMILES string of the molecule is Cn1cnc(-c2c(Oc3ccc(NC(=O)c4cnn(-c5ccc(F)cc5)c4C(F)(F)F)cc3F)ccnc2N)c1. The van der Waals surface area contributed by atoms with Crippen LogP contribution in [-0.2, 0) is 13.2 Å². The number of nitrogens with two attached hydrogens (primary N) is 1. The minimum Gasteiger partial charge on any atom is -0.453 e. The van der Waals surface area contributed by atoms with E-state index in [0.29, 0.717) is 15.9 Å². The molecule has 0 unspecified atom stereocenters. The quantitative estimate of drug-likeness (QED) is 0.264. The lowest BCUT2D eigenvalue weighted by Crippen LogP contribution is -2.20. The maximum Gasteiger partial charge on any atom is 0.434 e. The zero-order chi connectivity index (χ0) is 28.6. The molecule has 0 bridgehead atoms. The van der Waals surface area contributed by atoms with Gasteiger partial charge in [0.1, 0.15) is 17.4 Å². The Hall–Kier alpha value is -5.27. The van der Waals surface area contributed by atoms with E-state index in [1.54, 1.807) is 17.8 Å². The number of rotatable bonds is 6. The smallest absolute Gasteiger partial charge is 0.434 e. The Labute approximate surface area is 222 Å². The predicted octanol–water partition coefficient (Wildman–Crippen LogP) is 5.59. The summed E-state index contributed by atoms with van der Waals surface area (Å²) in [5.74, 6) is -2.75. The van der Waals surface area contributed by atoms with Gasteiger partial charge in [0.25, 0.3) is 5.91 Å². The number of pyridine rings is 1. The second kappa shape index (κ2) is 10.1. The van der Waals surface area contributed by atoms with Gasteiger partial charge in [-0.05, 0) is 42.5 Å². The predicted molar refractivity (Wildman–Crippen MR) is 134 cm³/mol. The molecule has 9 nitrogen and oxygen atoms in total. The number of anilines is 2. The van der Waals surface area contributed by atoms with E-state index in [-0.39, 0.29) is 28.7 Å². The maximum atomic E-state index is 15.0. The summed E-state index contributed by atoms with van der Waals surface area (Å²) in [7, 11) is 1.75. The second-order valence-electron chi connectivity index (χ2n) is 8.49. The molecule has 5 rings (SSSR count). The lowest BCUT2D eigenvalue weighted by molar-refractivity contribution is -0.143. The normalized spacial score (nSPS) is 11.4. The van der Waals surface area contributed by atoms with Crippen molar-refractivity contribution in [3.63, 3.8) is 0 Å². The van der Waals surface area contributed by atoms with E-state index in [1.807, 2.05) is 0 Å². The van der Waals surface area contributed by atoms with Gasteiger partial charge in [0.05, 0.1) is 35.0 Å². The molecular formula is C26H18F5N7O2. The van der Waals surface area contributed by atoms with Crippen molar-refractivity contribution in [2.24, 2.45) is 7.05 Å². The van der Waals surface area contributed by atoms with Gasteiger partial charge < -0.3 is 20.4 Å². The van der Waals surface area contributed by atoms with Crippen LogP contribution in [0.4, 0.5) is 33.5 Å². The fourth-order valence-corrected chi connectivity index (χ4v) is 3.89. The van der Waals surface area contributed by atoms with Crippen molar-refractivity contribution in [3.05, 3.63) is 96.3 Å². The monoisotopic (exact) mass is 555 g/mol. The van der Waals surface area contributed by atoms with Crippen LogP contribution in [0.5, 0.6) is 11.5 Å². The van der Waals surface area contributed by atoms with Gasteiger partial charge in [-0.25, -0.2) is 23.4 Å². The molecule has 5 aromatic rings. The summed E-state index contributed by atoms with van der Waals surface area (Å²) in [5, 5.41) is 5.90. The van der Waals surface area contributed by atoms with Crippen molar-refractivity contribution < 1.29 is 31.5 Å². The molecule has 0 spiro atoms. The molecule has 0 saturated heterocycles. The number of carbonyl (C=O) groups is 1. The maximum absolute atomic E-state index is 15.0. The highest BCUT2D eigenvalue weighted by molar-refractivity contribution is 6.05. The average Bonchev–Trinajstić information content (AvgIpc) is 3.53. The molecule has 0 aliphatic rings. The first-order valence-electron chi connectivity index (χ1n) is 11.4. The molecule has 0 radical (unpaired) electrons. The fraction of sp³-hybridized carbons (Fsp3) is 0.0769. The first-order valence-corrected chi connectivity index (χ1v) is 11.4. The number of nitrogen functional groups attached to an aromatic ring is 1. The molecule has 14 heteroatoms. The van der Waals surface area contributed by atoms with Gasteiger partial charge in [0.15, 0.2) is 17.3 Å². The number of nitrogens with one attached hydrogen (secondary N) is 1. The Morgan fingerprint density at radius 3 is 2.42 bits per heavy atom. The molecule has 0 aliphatic carbocycles. The molecule has 204 valence electrons. The summed E-state index contributed by atoms with van der Waals surface area (Å²) in [5.41, 5.74) is 4.32. The van der Waals surface area contributed by atoms with Crippen molar-refractivity contribution in [2.75, 3.05) is 11.1 Å². The Morgan fingerprint density at radius 2 is 1.77 bits per heavy atom. The van der Waals surface area contributed by atoms with Crippen LogP contribution in [0.25, 0.3) is 16.9 Å². The number of amides is 1. The third-order valence-corrected chi connectivity index (χ3v) is 5.67. The van der Waals surface area contributed by atoms with E-state index < -0.39 is 35.0 Å². The summed E-state index contributed by atoms with van der Waals surface area (Å²) in [6.07, 6.45) is 0.314. The molecule has 0 atom stereocenters. The van der Waals surface area contributed by atoms with Crippen LogP contribution in [-0.4, -0.2) is 30.2 Å². The second-order valence-corrected chi connectivity index (χ2v) is 8.49. The van der Waals surface area contributed by atoms with Gasteiger partial charge in [-0.15, -0.1) is 0 Å². The zero-order valence-electron chi connectivity index (χ0n) is 20.4. The number of nitrogens with zero attached hydrogens (tertiary/aromatic N) is 5. The Bertz CT molecular complexity index is 1710. The van der Waals surface area contributed by atoms with Crippen LogP contribution in [0.1, 0.15) is 16.1 Å². The van der Waals surface area contributed by atoms with Crippen LogP contribution < -0.4 is 15.8 Å². The first kappa shape index (κ1) is 26.3. The number of benzene rings is 2. The van der Waals surface area contributed by atoms with Gasteiger partial charge in [-0.3, -0.25) is 4.79 Å². The van der Waals surface area contributed by atoms with E-state index in [4.69, 9.17) is 10.5 Å².